The van der Waals surface area contributed by atoms with Crippen LogP contribution in [0.1, 0.15) is 45.4 Å². The monoisotopic (exact) mass is 251 g/mol. The van der Waals surface area contributed by atoms with Crippen molar-refractivity contribution in [3.05, 3.63) is 0 Å². The third-order valence-corrected chi connectivity index (χ3v) is 5.59. The van der Waals surface area contributed by atoms with Gasteiger partial charge in [-0.05, 0) is 55.8 Å². The maximum atomic E-state index is 12.7. The van der Waals surface area contributed by atoms with E-state index in [4.69, 9.17) is 5.11 Å². The Bertz CT molecular complexity index is 352. The summed E-state index contributed by atoms with van der Waals surface area (Å²) in [6, 6.07) is 0. The van der Waals surface area contributed by atoms with Crippen molar-refractivity contribution in [2.75, 3.05) is 20.2 Å². The molecule has 0 aliphatic heterocycles. The predicted octanol–water partition coefficient (Wildman–Crippen LogP) is 2.04. The summed E-state index contributed by atoms with van der Waals surface area (Å²) in [7, 11) is 1.85. The quantitative estimate of drug-likeness (QED) is 0.834. The Morgan fingerprint density at radius 3 is 2.39 bits per heavy atom. The fourth-order valence-electron chi connectivity index (χ4n) is 5.63. The van der Waals surface area contributed by atoms with E-state index in [2.05, 4.69) is 6.92 Å². The topological polar surface area (TPSA) is 40.5 Å². The zero-order valence-electron chi connectivity index (χ0n) is 11.6. The highest BCUT2D eigenvalue weighted by molar-refractivity contribution is 5.83. The van der Waals surface area contributed by atoms with E-state index in [-0.39, 0.29) is 12.0 Å². The molecule has 0 aromatic rings. The van der Waals surface area contributed by atoms with Crippen LogP contribution in [-0.2, 0) is 4.79 Å². The first-order chi connectivity index (χ1) is 8.46. The highest BCUT2D eigenvalue weighted by atomic mass is 16.3. The maximum Gasteiger partial charge on any atom is 0.228 e. The number of hydrogen-bond acceptors (Lipinski definition) is 2. The molecule has 4 saturated carbocycles. The molecule has 4 rings (SSSR count). The number of nitrogens with zero attached hydrogens (tertiary/aromatic N) is 1. The van der Waals surface area contributed by atoms with Gasteiger partial charge in [0, 0.05) is 13.6 Å². The largest absolute Gasteiger partial charge is 0.395 e. The Morgan fingerprint density at radius 2 is 1.89 bits per heavy atom. The number of likely N-dealkylation sites (N-methyl/N-ethyl adjacent to an activating group) is 1. The van der Waals surface area contributed by atoms with Crippen LogP contribution in [0.2, 0.25) is 0 Å². The Morgan fingerprint density at radius 1 is 1.28 bits per heavy atom. The minimum Gasteiger partial charge on any atom is -0.395 e. The number of aliphatic hydroxyl groups is 1. The lowest BCUT2D eigenvalue weighted by Crippen LogP contribution is -2.57. The van der Waals surface area contributed by atoms with Gasteiger partial charge in [0.05, 0.1) is 12.0 Å². The van der Waals surface area contributed by atoms with Crippen LogP contribution in [0.5, 0.6) is 0 Å². The molecule has 18 heavy (non-hydrogen) atoms. The lowest BCUT2D eigenvalue weighted by molar-refractivity contribution is -0.165. The van der Waals surface area contributed by atoms with Crippen LogP contribution >= 0.6 is 0 Å². The van der Waals surface area contributed by atoms with Crippen molar-refractivity contribution in [1.82, 2.24) is 4.90 Å². The second-order valence-corrected chi connectivity index (χ2v) is 7.50. The van der Waals surface area contributed by atoms with Crippen LogP contribution in [0.3, 0.4) is 0 Å². The lowest BCUT2D eigenvalue weighted by atomic mass is 9.44. The van der Waals surface area contributed by atoms with E-state index < -0.39 is 0 Å². The summed E-state index contributed by atoms with van der Waals surface area (Å²) >= 11 is 0. The molecule has 2 atom stereocenters. The van der Waals surface area contributed by atoms with Crippen LogP contribution in [0, 0.1) is 22.7 Å². The van der Waals surface area contributed by atoms with E-state index in [1.165, 1.54) is 19.3 Å². The predicted molar refractivity (Wildman–Crippen MR) is 69.9 cm³/mol. The van der Waals surface area contributed by atoms with Crippen LogP contribution in [0.15, 0.2) is 0 Å². The van der Waals surface area contributed by atoms with E-state index in [1.54, 1.807) is 4.90 Å². The summed E-state index contributed by atoms with van der Waals surface area (Å²) in [6.45, 7) is 2.94. The number of rotatable bonds is 3. The first kappa shape index (κ1) is 12.5. The molecule has 4 fully saturated rings. The molecule has 0 aromatic carbocycles. The normalized spacial score (nSPS) is 45.3. The van der Waals surface area contributed by atoms with Gasteiger partial charge >= 0.3 is 0 Å². The van der Waals surface area contributed by atoms with Gasteiger partial charge in [-0.25, -0.2) is 0 Å². The highest BCUT2D eigenvalue weighted by Gasteiger charge is 2.59. The van der Waals surface area contributed by atoms with E-state index >= 15 is 0 Å². The van der Waals surface area contributed by atoms with Crippen molar-refractivity contribution in [1.29, 1.82) is 0 Å². The van der Waals surface area contributed by atoms with Crippen molar-refractivity contribution < 1.29 is 9.90 Å². The summed E-state index contributed by atoms with van der Waals surface area (Å²) in [4.78, 5) is 14.5. The van der Waals surface area contributed by atoms with Crippen LogP contribution in [0.25, 0.3) is 0 Å². The molecular weight excluding hydrogens is 226 g/mol. The van der Waals surface area contributed by atoms with Crippen LogP contribution < -0.4 is 0 Å². The second-order valence-electron chi connectivity index (χ2n) is 7.50. The van der Waals surface area contributed by atoms with Gasteiger partial charge < -0.3 is 10.0 Å². The fourth-order valence-corrected chi connectivity index (χ4v) is 5.63. The highest BCUT2D eigenvalue weighted by Crippen LogP contribution is 2.65. The molecule has 4 bridgehead atoms. The van der Waals surface area contributed by atoms with Crippen molar-refractivity contribution in [3.8, 4) is 0 Å². The number of aliphatic hydroxyl groups excluding tert-OH is 1. The Hall–Kier alpha value is -0.570. The van der Waals surface area contributed by atoms with Crippen LogP contribution in [-0.4, -0.2) is 36.1 Å². The average Bonchev–Trinajstić information content (AvgIpc) is 2.24. The Kier molecular flexibility index (Phi) is 2.74. The molecule has 2 unspecified atom stereocenters. The fraction of sp³-hybridized carbons (Fsp3) is 0.933. The minimum absolute atomic E-state index is 0.0719. The Balaban J connectivity index is 1.84. The maximum absolute atomic E-state index is 12.7. The van der Waals surface area contributed by atoms with Gasteiger partial charge in [-0.2, -0.15) is 0 Å². The van der Waals surface area contributed by atoms with Crippen molar-refractivity contribution in [2.24, 2.45) is 22.7 Å². The number of carbonyl (C=O) groups excluding carboxylic acids is 1. The van der Waals surface area contributed by atoms with Crippen LogP contribution in [0.4, 0.5) is 0 Å². The molecule has 0 heterocycles. The zero-order valence-corrected chi connectivity index (χ0v) is 11.6. The van der Waals surface area contributed by atoms with Gasteiger partial charge in [0.15, 0.2) is 0 Å². The van der Waals surface area contributed by atoms with Gasteiger partial charge in [-0.15, -0.1) is 0 Å². The third-order valence-electron chi connectivity index (χ3n) is 5.59. The van der Waals surface area contributed by atoms with E-state index in [1.807, 2.05) is 7.05 Å². The summed E-state index contributed by atoms with van der Waals surface area (Å²) in [5, 5.41) is 9.02. The molecule has 1 N–H and O–H groups in total. The lowest BCUT2D eigenvalue weighted by Gasteiger charge is -2.61. The van der Waals surface area contributed by atoms with E-state index in [0.29, 0.717) is 17.9 Å². The average molecular weight is 251 g/mol. The number of amides is 1. The Labute approximate surface area is 110 Å². The smallest absolute Gasteiger partial charge is 0.228 e. The standard InChI is InChI=1S/C15H25NO2/c1-14-6-11-5-12(7-14)9-15(8-11,10-14)13(18)16(2)3-4-17/h11-12,17H,3-10H2,1-2H3. The number of carbonyl (C=O) groups is 1. The molecule has 0 spiro atoms. The minimum atomic E-state index is -0.0806. The summed E-state index contributed by atoms with van der Waals surface area (Å²) < 4.78 is 0. The molecule has 4 aliphatic rings. The van der Waals surface area contributed by atoms with Crippen molar-refractivity contribution in [2.45, 2.75) is 45.4 Å². The van der Waals surface area contributed by atoms with Crippen molar-refractivity contribution in [3.63, 3.8) is 0 Å². The molecule has 3 heteroatoms. The zero-order chi connectivity index (χ0) is 13.0. The van der Waals surface area contributed by atoms with Gasteiger partial charge in [-0.1, -0.05) is 6.92 Å². The van der Waals surface area contributed by atoms with Gasteiger partial charge in [0.2, 0.25) is 5.91 Å². The summed E-state index contributed by atoms with van der Waals surface area (Å²) in [6.07, 6.45) is 7.32. The van der Waals surface area contributed by atoms with E-state index in [9.17, 15) is 4.79 Å². The SMILES string of the molecule is CN(CCO)C(=O)C12CC3CC(CC(C)(C3)C1)C2. The summed E-state index contributed by atoms with van der Waals surface area (Å²) in [5.41, 5.74) is 0.336. The molecule has 102 valence electrons. The molecule has 3 nitrogen and oxygen atoms in total. The molecule has 0 saturated heterocycles. The van der Waals surface area contributed by atoms with Gasteiger partial charge in [0.1, 0.15) is 0 Å². The van der Waals surface area contributed by atoms with E-state index in [0.717, 1.165) is 31.1 Å². The first-order valence-electron chi connectivity index (χ1n) is 7.33. The molecule has 0 radical (unpaired) electrons. The molecule has 0 aromatic heterocycles. The number of hydrogen-bond donors (Lipinski definition) is 1. The molecule has 4 aliphatic carbocycles. The van der Waals surface area contributed by atoms with Gasteiger partial charge in [-0.3, -0.25) is 4.79 Å². The van der Waals surface area contributed by atoms with Crippen molar-refractivity contribution >= 4 is 5.91 Å². The molecule has 1 amide bonds. The molecular formula is C15H25NO2. The second kappa shape index (κ2) is 3.96. The first-order valence-corrected chi connectivity index (χ1v) is 7.33. The summed E-state index contributed by atoms with van der Waals surface area (Å²) in [5.74, 6) is 1.86. The third kappa shape index (κ3) is 1.78. The van der Waals surface area contributed by atoms with Gasteiger partial charge in [0.25, 0.3) is 0 Å².